The topological polar surface area (TPSA) is 36.9 Å². The molecule has 0 aromatic heterocycles. The normalized spacial score (nSPS) is 26.9. The standard InChI is InChI=1S/C15H29BrO4/c1-14-3-5-15(13-16,6-4-14)20-12-11-19-10-9-18-8-7-17-2/h14H,3-13H2,1-2H3. The average molecular weight is 353 g/mol. The van der Waals surface area contributed by atoms with Crippen molar-refractivity contribution in [3.63, 3.8) is 0 Å². The summed E-state index contributed by atoms with van der Waals surface area (Å²) in [6.45, 7) is 6.12. The van der Waals surface area contributed by atoms with Gasteiger partial charge in [0, 0.05) is 12.4 Å². The van der Waals surface area contributed by atoms with E-state index in [-0.39, 0.29) is 5.60 Å². The lowest BCUT2D eigenvalue weighted by Gasteiger charge is -2.38. The van der Waals surface area contributed by atoms with E-state index in [1.807, 2.05) is 0 Å². The van der Waals surface area contributed by atoms with Crippen molar-refractivity contribution in [1.82, 2.24) is 0 Å². The first-order valence-electron chi connectivity index (χ1n) is 7.57. The zero-order chi connectivity index (χ0) is 14.7. The molecule has 0 radical (unpaired) electrons. The highest BCUT2D eigenvalue weighted by molar-refractivity contribution is 9.09. The maximum absolute atomic E-state index is 6.08. The Bertz CT molecular complexity index is 230. The fraction of sp³-hybridized carbons (Fsp3) is 1.00. The molecule has 0 amide bonds. The van der Waals surface area contributed by atoms with Crippen molar-refractivity contribution in [2.24, 2.45) is 5.92 Å². The third-order valence-corrected chi connectivity index (χ3v) is 4.89. The summed E-state index contributed by atoms with van der Waals surface area (Å²) in [5.74, 6) is 0.839. The fourth-order valence-electron chi connectivity index (χ4n) is 2.39. The van der Waals surface area contributed by atoms with Crippen LogP contribution in [0.2, 0.25) is 0 Å². The quantitative estimate of drug-likeness (QED) is 0.423. The molecule has 1 rings (SSSR count). The van der Waals surface area contributed by atoms with Crippen LogP contribution in [0, 0.1) is 5.92 Å². The molecule has 0 unspecified atom stereocenters. The van der Waals surface area contributed by atoms with Crippen LogP contribution < -0.4 is 0 Å². The molecule has 0 aromatic carbocycles. The van der Waals surface area contributed by atoms with Gasteiger partial charge in [0.2, 0.25) is 0 Å². The highest BCUT2D eigenvalue weighted by Crippen LogP contribution is 2.35. The first-order valence-corrected chi connectivity index (χ1v) is 8.69. The van der Waals surface area contributed by atoms with Gasteiger partial charge < -0.3 is 18.9 Å². The lowest BCUT2D eigenvalue weighted by atomic mass is 9.80. The zero-order valence-electron chi connectivity index (χ0n) is 12.9. The summed E-state index contributed by atoms with van der Waals surface area (Å²) in [5.41, 5.74) is 0.0326. The van der Waals surface area contributed by atoms with Gasteiger partial charge in [0.15, 0.2) is 0 Å². The van der Waals surface area contributed by atoms with Gasteiger partial charge in [0.25, 0.3) is 0 Å². The van der Waals surface area contributed by atoms with Crippen molar-refractivity contribution in [2.75, 3.05) is 52.1 Å². The maximum Gasteiger partial charge on any atom is 0.0780 e. The molecule has 0 aliphatic heterocycles. The van der Waals surface area contributed by atoms with Crippen LogP contribution >= 0.6 is 15.9 Å². The molecule has 0 saturated heterocycles. The molecular formula is C15H29BrO4. The number of rotatable bonds is 11. The largest absolute Gasteiger partial charge is 0.382 e. The van der Waals surface area contributed by atoms with Crippen molar-refractivity contribution in [3.05, 3.63) is 0 Å². The Kier molecular flexibility index (Phi) is 10.1. The Hall–Kier alpha value is 0.320. The van der Waals surface area contributed by atoms with Crippen LogP contribution in [0.5, 0.6) is 0 Å². The van der Waals surface area contributed by atoms with Crippen LogP contribution in [-0.2, 0) is 18.9 Å². The van der Waals surface area contributed by atoms with Crippen LogP contribution in [0.3, 0.4) is 0 Å². The first-order chi connectivity index (χ1) is 9.72. The van der Waals surface area contributed by atoms with E-state index >= 15 is 0 Å². The minimum atomic E-state index is 0.0326. The average Bonchev–Trinajstić information content (AvgIpc) is 2.48. The van der Waals surface area contributed by atoms with Crippen LogP contribution in [0.1, 0.15) is 32.6 Å². The molecule has 5 heteroatoms. The van der Waals surface area contributed by atoms with E-state index in [1.54, 1.807) is 7.11 Å². The van der Waals surface area contributed by atoms with Gasteiger partial charge in [-0.25, -0.2) is 0 Å². The third kappa shape index (κ3) is 7.36. The van der Waals surface area contributed by atoms with Crippen molar-refractivity contribution in [1.29, 1.82) is 0 Å². The zero-order valence-corrected chi connectivity index (χ0v) is 14.5. The minimum Gasteiger partial charge on any atom is -0.382 e. The number of alkyl halides is 1. The Morgan fingerprint density at radius 3 is 2.05 bits per heavy atom. The van der Waals surface area contributed by atoms with Crippen molar-refractivity contribution >= 4 is 15.9 Å². The van der Waals surface area contributed by atoms with Gasteiger partial charge >= 0.3 is 0 Å². The monoisotopic (exact) mass is 352 g/mol. The molecule has 0 atom stereocenters. The van der Waals surface area contributed by atoms with Gasteiger partial charge in [-0.1, -0.05) is 22.9 Å². The van der Waals surface area contributed by atoms with Gasteiger partial charge in [-0.2, -0.15) is 0 Å². The van der Waals surface area contributed by atoms with Crippen LogP contribution in [0.25, 0.3) is 0 Å². The molecule has 20 heavy (non-hydrogen) atoms. The van der Waals surface area contributed by atoms with E-state index in [0.29, 0.717) is 39.6 Å². The summed E-state index contributed by atoms with van der Waals surface area (Å²) in [6.07, 6.45) is 4.83. The fourth-order valence-corrected chi connectivity index (χ4v) is 3.11. The predicted molar refractivity (Wildman–Crippen MR) is 83.6 cm³/mol. The second kappa shape index (κ2) is 11.0. The molecule has 4 nitrogen and oxygen atoms in total. The van der Waals surface area contributed by atoms with Crippen LogP contribution in [0.4, 0.5) is 0 Å². The molecule has 1 fully saturated rings. The summed E-state index contributed by atoms with van der Waals surface area (Å²) >= 11 is 3.61. The van der Waals surface area contributed by atoms with Gasteiger partial charge in [0.05, 0.1) is 45.2 Å². The maximum atomic E-state index is 6.08. The van der Waals surface area contributed by atoms with Crippen LogP contribution in [-0.4, -0.2) is 57.7 Å². The third-order valence-electron chi connectivity index (χ3n) is 3.87. The molecule has 0 N–H and O–H groups in total. The number of hydrogen-bond acceptors (Lipinski definition) is 4. The van der Waals surface area contributed by atoms with Crippen LogP contribution in [0.15, 0.2) is 0 Å². The molecule has 1 aliphatic carbocycles. The molecule has 0 spiro atoms. The summed E-state index contributed by atoms with van der Waals surface area (Å²) in [4.78, 5) is 0. The Morgan fingerprint density at radius 1 is 0.950 bits per heavy atom. The Balaban J connectivity index is 1.99. The summed E-state index contributed by atoms with van der Waals surface area (Å²) in [6, 6.07) is 0. The van der Waals surface area contributed by atoms with Gasteiger partial charge in [-0.3, -0.25) is 0 Å². The minimum absolute atomic E-state index is 0.0326. The molecule has 120 valence electrons. The van der Waals surface area contributed by atoms with E-state index in [0.717, 1.165) is 24.1 Å². The summed E-state index contributed by atoms with van der Waals surface area (Å²) in [7, 11) is 1.67. The summed E-state index contributed by atoms with van der Waals surface area (Å²) < 4.78 is 21.8. The number of ether oxygens (including phenoxy) is 4. The van der Waals surface area contributed by atoms with Gasteiger partial charge in [0.1, 0.15) is 0 Å². The van der Waals surface area contributed by atoms with E-state index in [2.05, 4.69) is 22.9 Å². The molecule has 1 saturated carbocycles. The highest BCUT2D eigenvalue weighted by atomic mass is 79.9. The van der Waals surface area contributed by atoms with E-state index in [1.165, 1.54) is 12.8 Å². The second-order valence-corrected chi connectivity index (χ2v) is 6.13. The van der Waals surface area contributed by atoms with Crippen molar-refractivity contribution in [3.8, 4) is 0 Å². The molecule has 0 aromatic rings. The van der Waals surface area contributed by atoms with Crippen molar-refractivity contribution in [2.45, 2.75) is 38.2 Å². The van der Waals surface area contributed by atoms with E-state index in [4.69, 9.17) is 18.9 Å². The van der Waals surface area contributed by atoms with E-state index < -0.39 is 0 Å². The number of methoxy groups -OCH3 is 1. The SMILES string of the molecule is COCCOCCOCCOC1(CBr)CCC(C)CC1. The molecule has 0 heterocycles. The predicted octanol–water partition coefficient (Wildman–Crippen LogP) is 3.03. The summed E-state index contributed by atoms with van der Waals surface area (Å²) in [5, 5.41) is 0.923. The number of hydrogen-bond donors (Lipinski definition) is 0. The molecular weight excluding hydrogens is 324 g/mol. The van der Waals surface area contributed by atoms with Gasteiger partial charge in [-0.05, 0) is 31.6 Å². The molecule has 1 aliphatic rings. The first kappa shape index (κ1) is 18.4. The smallest absolute Gasteiger partial charge is 0.0780 e. The lowest BCUT2D eigenvalue weighted by molar-refractivity contribution is -0.0813. The van der Waals surface area contributed by atoms with Gasteiger partial charge in [-0.15, -0.1) is 0 Å². The second-order valence-electron chi connectivity index (χ2n) is 5.57. The van der Waals surface area contributed by atoms with Crippen molar-refractivity contribution < 1.29 is 18.9 Å². The number of halogens is 1. The highest BCUT2D eigenvalue weighted by Gasteiger charge is 2.33. The Morgan fingerprint density at radius 2 is 1.50 bits per heavy atom. The lowest BCUT2D eigenvalue weighted by Crippen LogP contribution is -2.39. The molecule has 0 bridgehead atoms. The Labute approximate surface area is 131 Å². The van der Waals surface area contributed by atoms with E-state index in [9.17, 15) is 0 Å².